The molecule has 2 atom stereocenters. The summed E-state index contributed by atoms with van der Waals surface area (Å²) < 4.78 is 5.71. The van der Waals surface area contributed by atoms with Gasteiger partial charge in [0.1, 0.15) is 0 Å². The van der Waals surface area contributed by atoms with E-state index >= 15 is 0 Å². The van der Waals surface area contributed by atoms with Crippen molar-refractivity contribution in [3.8, 4) is 0 Å². The molecule has 1 aliphatic rings. The third-order valence-corrected chi connectivity index (χ3v) is 2.39. The van der Waals surface area contributed by atoms with Gasteiger partial charge in [0, 0.05) is 0 Å². The van der Waals surface area contributed by atoms with Crippen LogP contribution in [-0.2, 0) is 4.74 Å². The van der Waals surface area contributed by atoms with E-state index in [4.69, 9.17) is 4.74 Å². The zero-order valence-electron chi connectivity index (χ0n) is 7.97. The maximum atomic E-state index is 5.71. The molecule has 1 fully saturated rings. The monoisotopic (exact) mass is 156 g/mol. The molecule has 66 valence electrons. The average molecular weight is 156 g/mol. The van der Waals surface area contributed by atoms with Crippen LogP contribution in [0.4, 0.5) is 0 Å². The van der Waals surface area contributed by atoms with Crippen LogP contribution in [0.2, 0.25) is 0 Å². The van der Waals surface area contributed by atoms with Crippen LogP contribution in [0.25, 0.3) is 0 Å². The second-order valence-corrected chi connectivity index (χ2v) is 4.12. The van der Waals surface area contributed by atoms with Crippen molar-refractivity contribution < 1.29 is 4.74 Å². The van der Waals surface area contributed by atoms with Crippen LogP contribution >= 0.6 is 0 Å². The lowest BCUT2D eigenvalue weighted by atomic mass is 10.0. The fraction of sp³-hybridized carbons (Fsp3) is 1.00. The molecule has 0 radical (unpaired) electrons. The summed E-state index contributed by atoms with van der Waals surface area (Å²) in [5.74, 6) is 0.828. The smallest absolute Gasteiger partial charge is 0.0579 e. The fourth-order valence-corrected chi connectivity index (χ4v) is 1.62. The van der Waals surface area contributed by atoms with Gasteiger partial charge in [-0.25, -0.2) is 0 Å². The predicted molar refractivity (Wildman–Crippen MR) is 47.6 cm³/mol. The highest BCUT2D eigenvalue weighted by atomic mass is 16.5. The van der Waals surface area contributed by atoms with E-state index in [1.165, 1.54) is 25.7 Å². The Morgan fingerprint density at radius 2 is 2.09 bits per heavy atom. The van der Waals surface area contributed by atoms with Gasteiger partial charge < -0.3 is 4.74 Å². The highest BCUT2D eigenvalue weighted by Gasteiger charge is 2.21. The van der Waals surface area contributed by atoms with Gasteiger partial charge in [-0.1, -0.05) is 13.8 Å². The van der Waals surface area contributed by atoms with E-state index in [0.717, 1.165) is 5.92 Å². The van der Waals surface area contributed by atoms with E-state index in [1.807, 2.05) is 0 Å². The van der Waals surface area contributed by atoms with Gasteiger partial charge in [0.05, 0.1) is 12.2 Å². The van der Waals surface area contributed by atoms with Crippen molar-refractivity contribution in [2.24, 2.45) is 5.92 Å². The second kappa shape index (κ2) is 4.10. The van der Waals surface area contributed by atoms with Crippen molar-refractivity contribution in [1.82, 2.24) is 0 Å². The zero-order chi connectivity index (χ0) is 8.27. The molecule has 1 nitrogen and oxygen atoms in total. The maximum absolute atomic E-state index is 5.71. The summed E-state index contributed by atoms with van der Waals surface area (Å²) in [6.07, 6.45) is 6.23. The first-order valence-electron chi connectivity index (χ1n) is 4.84. The summed E-state index contributed by atoms with van der Waals surface area (Å²) in [5, 5.41) is 0. The lowest BCUT2D eigenvalue weighted by Crippen LogP contribution is -2.08. The molecular weight excluding hydrogens is 136 g/mol. The van der Waals surface area contributed by atoms with E-state index in [-0.39, 0.29) is 0 Å². The maximum Gasteiger partial charge on any atom is 0.0579 e. The first-order valence-corrected chi connectivity index (χ1v) is 4.84. The van der Waals surface area contributed by atoms with Crippen molar-refractivity contribution in [3.05, 3.63) is 0 Å². The Bertz CT molecular complexity index is 109. The normalized spacial score (nSPS) is 31.6. The Kier molecular flexibility index (Phi) is 3.38. The molecule has 0 amide bonds. The van der Waals surface area contributed by atoms with Crippen molar-refractivity contribution in [2.45, 2.75) is 58.7 Å². The quantitative estimate of drug-likeness (QED) is 0.610. The van der Waals surface area contributed by atoms with Crippen molar-refractivity contribution in [2.75, 3.05) is 0 Å². The molecule has 0 spiro atoms. The van der Waals surface area contributed by atoms with E-state index in [9.17, 15) is 0 Å². The lowest BCUT2D eigenvalue weighted by Gasteiger charge is -2.11. The van der Waals surface area contributed by atoms with Crippen LogP contribution in [0.3, 0.4) is 0 Å². The third kappa shape index (κ3) is 3.24. The predicted octanol–water partition coefficient (Wildman–Crippen LogP) is 2.99. The largest absolute Gasteiger partial charge is 0.375 e. The Morgan fingerprint density at radius 1 is 1.36 bits per heavy atom. The first kappa shape index (κ1) is 9.05. The fourth-order valence-electron chi connectivity index (χ4n) is 1.62. The second-order valence-electron chi connectivity index (χ2n) is 4.12. The Morgan fingerprint density at radius 3 is 2.55 bits per heavy atom. The summed E-state index contributed by atoms with van der Waals surface area (Å²) in [6.45, 7) is 6.73. The van der Waals surface area contributed by atoms with Gasteiger partial charge in [-0.3, -0.25) is 0 Å². The minimum absolute atomic E-state index is 0.521. The molecule has 0 bridgehead atoms. The standard InChI is InChI=1S/C10H20O/c1-8(2)4-6-10-7-5-9(3)11-10/h8-10H,4-7H2,1-3H3. The SMILES string of the molecule is CC(C)CCC1CCC(C)O1. The Hall–Kier alpha value is -0.0400. The van der Waals surface area contributed by atoms with Crippen LogP contribution in [0, 0.1) is 5.92 Å². The van der Waals surface area contributed by atoms with Gasteiger partial charge in [0.25, 0.3) is 0 Å². The highest BCUT2D eigenvalue weighted by Crippen LogP contribution is 2.23. The molecule has 0 saturated carbocycles. The number of hydrogen-bond acceptors (Lipinski definition) is 1. The molecule has 0 aromatic rings. The van der Waals surface area contributed by atoms with Gasteiger partial charge in [-0.05, 0) is 38.5 Å². The third-order valence-electron chi connectivity index (χ3n) is 2.39. The van der Waals surface area contributed by atoms with Crippen LogP contribution in [0.5, 0.6) is 0 Å². The summed E-state index contributed by atoms with van der Waals surface area (Å²) in [6, 6.07) is 0. The van der Waals surface area contributed by atoms with Crippen molar-refractivity contribution in [1.29, 1.82) is 0 Å². The molecule has 1 saturated heterocycles. The van der Waals surface area contributed by atoms with Crippen molar-refractivity contribution in [3.63, 3.8) is 0 Å². The molecule has 0 aliphatic carbocycles. The van der Waals surface area contributed by atoms with E-state index in [2.05, 4.69) is 20.8 Å². The molecule has 2 unspecified atom stereocenters. The summed E-state index contributed by atoms with van der Waals surface area (Å²) in [4.78, 5) is 0. The molecule has 1 heterocycles. The molecule has 0 aromatic heterocycles. The van der Waals surface area contributed by atoms with Gasteiger partial charge in [-0.2, -0.15) is 0 Å². The van der Waals surface area contributed by atoms with Gasteiger partial charge in [0.15, 0.2) is 0 Å². The van der Waals surface area contributed by atoms with Gasteiger partial charge in [-0.15, -0.1) is 0 Å². The van der Waals surface area contributed by atoms with E-state index in [1.54, 1.807) is 0 Å². The van der Waals surface area contributed by atoms with Gasteiger partial charge in [0.2, 0.25) is 0 Å². The van der Waals surface area contributed by atoms with Crippen molar-refractivity contribution >= 4 is 0 Å². The molecule has 11 heavy (non-hydrogen) atoms. The Labute approximate surface area is 70.1 Å². The summed E-state index contributed by atoms with van der Waals surface area (Å²) >= 11 is 0. The van der Waals surface area contributed by atoms with Gasteiger partial charge >= 0.3 is 0 Å². The number of rotatable bonds is 3. The number of ether oxygens (including phenoxy) is 1. The van der Waals surface area contributed by atoms with E-state index in [0.29, 0.717) is 12.2 Å². The molecule has 1 heteroatoms. The molecule has 1 aliphatic heterocycles. The first-order chi connectivity index (χ1) is 5.18. The minimum Gasteiger partial charge on any atom is -0.375 e. The molecule has 0 aromatic carbocycles. The molecule has 0 N–H and O–H groups in total. The molecular formula is C10H20O. The van der Waals surface area contributed by atoms with Crippen LogP contribution in [0.1, 0.15) is 46.5 Å². The Balaban J connectivity index is 2.08. The topological polar surface area (TPSA) is 9.23 Å². The van der Waals surface area contributed by atoms with Crippen LogP contribution in [0.15, 0.2) is 0 Å². The van der Waals surface area contributed by atoms with E-state index < -0.39 is 0 Å². The lowest BCUT2D eigenvalue weighted by molar-refractivity contribution is 0.0479. The zero-order valence-corrected chi connectivity index (χ0v) is 7.97. The summed E-state index contributed by atoms with van der Waals surface area (Å²) in [7, 11) is 0. The van der Waals surface area contributed by atoms with Crippen LogP contribution in [-0.4, -0.2) is 12.2 Å². The molecule has 1 rings (SSSR count). The number of hydrogen-bond donors (Lipinski definition) is 0. The summed E-state index contributed by atoms with van der Waals surface area (Å²) in [5.41, 5.74) is 0. The minimum atomic E-state index is 0.521. The highest BCUT2D eigenvalue weighted by molar-refractivity contribution is 4.70. The average Bonchev–Trinajstić information content (AvgIpc) is 2.31. The van der Waals surface area contributed by atoms with Crippen LogP contribution < -0.4 is 0 Å².